The molecule has 0 amide bonds. The molecule has 142 valence electrons. The molecule has 27 heavy (non-hydrogen) atoms. The number of ether oxygens (including phenoxy) is 4. The van der Waals surface area contributed by atoms with Gasteiger partial charge >= 0.3 is 0 Å². The van der Waals surface area contributed by atoms with E-state index in [4.69, 9.17) is 24.7 Å². The smallest absolute Gasteiger partial charge is 0.293 e. The third-order valence-corrected chi connectivity index (χ3v) is 5.35. The highest BCUT2D eigenvalue weighted by Crippen LogP contribution is 2.82. The molecule has 0 bridgehead atoms. The van der Waals surface area contributed by atoms with E-state index < -0.39 is 22.7 Å². The van der Waals surface area contributed by atoms with Gasteiger partial charge in [-0.3, -0.25) is 0 Å². The van der Waals surface area contributed by atoms with Crippen molar-refractivity contribution in [3.63, 3.8) is 0 Å². The van der Waals surface area contributed by atoms with Crippen LogP contribution in [-0.4, -0.2) is 39.2 Å². The second kappa shape index (κ2) is 6.41. The van der Waals surface area contributed by atoms with Crippen LogP contribution >= 0.6 is 0 Å². The monoisotopic (exact) mass is 370 g/mol. The van der Waals surface area contributed by atoms with Gasteiger partial charge in [0.25, 0.3) is 5.91 Å². The maximum absolute atomic E-state index is 10.2. The quantitative estimate of drug-likeness (QED) is 0.727. The second-order valence-corrected chi connectivity index (χ2v) is 6.33. The summed E-state index contributed by atoms with van der Waals surface area (Å²) in [5.74, 6) is -1.10. The molecule has 2 aliphatic rings. The third kappa shape index (κ3) is 2.05. The zero-order valence-electron chi connectivity index (χ0n) is 15.8. The number of hydrogen-bond acceptors (Lipinski definition) is 8. The van der Waals surface area contributed by atoms with E-state index in [0.717, 1.165) is 0 Å². The van der Waals surface area contributed by atoms with Crippen molar-refractivity contribution in [2.45, 2.75) is 25.7 Å². The van der Waals surface area contributed by atoms with Crippen LogP contribution in [0.4, 0.5) is 0 Å². The minimum absolute atomic E-state index is 0.0493. The SMILES string of the molecule is CCOC1(OCC)N=C(N)[C@]2(C#N)[C@@H](c3ccc(OC)c(OC)c3)[C@]12C#N. The van der Waals surface area contributed by atoms with Crippen molar-refractivity contribution in [3.8, 4) is 23.6 Å². The average Bonchev–Trinajstić information content (AvgIpc) is 3.26. The molecule has 0 aromatic heterocycles. The van der Waals surface area contributed by atoms with E-state index in [9.17, 15) is 10.5 Å². The minimum atomic E-state index is -1.62. The van der Waals surface area contributed by atoms with E-state index in [1.165, 1.54) is 14.2 Å². The lowest BCUT2D eigenvalue weighted by Crippen LogP contribution is -2.43. The molecule has 0 radical (unpaired) electrons. The van der Waals surface area contributed by atoms with Crippen molar-refractivity contribution >= 4 is 5.84 Å². The van der Waals surface area contributed by atoms with Crippen LogP contribution in [0.5, 0.6) is 11.5 Å². The van der Waals surface area contributed by atoms with Crippen molar-refractivity contribution in [1.82, 2.24) is 0 Å². The normalized spacial score (nSPS) is 29.9. The van der Waals surface area contributed by atoms with Gasteiger partial charge in [0.15, 0.2) is 16.9 Å². The molecule has 0 unspecified atom stereocenters. The molecule has 3 rings (SSSR count). The molecule has 8 nitrogen and oxygen atoms in total. The minimum Gasteiger partial charge on any atom is -0.493 e. The molecule has 3 atom stereocenters. The van der Waals surface area contributed by atoms with Crippen LogP contribution in [0.25, 0.3) is 0 Å². The van der Waals surface area contributed by atoms with E-state index in [0.29, 0.717) is 17.1 Å². The Hall–Kier alpha value is -2.81. The zero-order valence-corrected chi connectivity index (χ0v) is 15.8. The molecular weight excluding hydrogens is 348 g/mol. The fourth-order valence-corrected chi connectivity index (χ4v) is 4.28. The standard InChI is InChI=1S/C19H22N4O4/c1-5-26-19(27-6-2)18(11-21)15(17(18,10-20)16(22)23-19)12-7-8-13(24-3)14(9-12)25-4/h7-9,15H,5-6H2,1-4H3,(H2,22,23)/t15-,17+,18+/m1/s1. The maximum Gasteiger partial charge on any atom is 0.293 e. The highest BCUT2D eigenvalue weighted by molar-refractivity contribution is 6.00. The van der Waals surface area contributed by atoms with E-state index >= 15 is 0 Å². The largest absolute Gasteiger partial charge is 0.493 e. The fourth-order valence-electron chi connectivity index (χ4n) is 4.28. The maximum atomic E-state index is 10.2. The average molecular weight is 370 g/mol. The van der Waals surface area contributed by atoms with E-state index in [1.807, 2.05) is 0 Å². The number of amidine groups is 1. The summed E-state index contributed by atoms with van der Waals surface area (Å²) >= 11 is 0. The summed E-state index contributed by atoms with van der Waals surface area (Å²) < 4.78 is 22.3. The Labute approximate surface area is 158 Å². The van der Waals surface area contributed by atoms with Crippen LogP contribution < -0.4 is 15.2 Å². The van der Waals surface area contributed by atoms with Gasteiger partial charge in [-0.05, 0) is 31.5 Å². The summed E-state index contributed by atoms with van der Waals surface area (Å²) in [5.41, 5.74) is 4.17. The van der Waals surface area contributed by atoms with Gasteiger partial charge in [0.1, 0.15) is 11.3 Å². The summed E-state index contributed by atoms with van der Waals surface area (Å²) in [6.45, 7) is 4.05. The number of fused-ring (bicyclic) bond motifs is 1. The Bertz CT molecular complexity index is 865. The molecular formula is C19H22N4O4. The molecule has 0 saturated heterocycles. The number of nitriles is 2. The molecule has 0 spiro atoms. The Morgan fingerprint density at radius 2 is 1.70 bits per heavy atom. The van der Waals surface area contributed by atoms with Crippen molar-refractivity contribution in [3.05, 3.63) is 23.8 Å². The number of benzene rings is 1. The lowest BCUT2D eigenvalue weighted by molar-refractivity contribution is -0.255. The van der Waals surface area contributed by atoms with Crippen molar-refractivity contribution in [2.75, 3.05) is 27.4 Å². The number of hydrogen-bond donors (Lipinski definition) is 1. The number of nitrogens with two attached hydrogens (primary N) is 1. The van der Waals surface area contributed by atoms with Gasteiger partial charge in [-0.1, -0.05) is 6.07 Å². The fraction of sp³-hybridized carbons (Fsp3) is 0.526. The first kappa shape index (κ1) is 19.0. The van der Waals surface area contributed by atoms with Crippen molar-refractivity contribution < 1.29 is 18.9 Å². The number of aliphatic imine (C=N–C) groups is 1. The van der Waals surface area contributed by atoms with E-state index in [1.54, 1.807) is 32.0 Å². The molecule has 1 heterocycles. The summed E-state index contributed by atoms with van der Waals surface area (Å²) in [4.78, 5) is 4.32. The van der Waals surface area contributed by atoms with Crippen molar-refractivity contribution in [1.29, 1.82) is 10.5 Å². The molecule has 1 saturated carbocycles. The Morgan fingerprint density at radius 1 is 1.07 bits per heavy atom. The number of methoxy groups -OCH3 is 2. The molecule has 2 N–H and O–H groups in total. The van der Waals surface area contributed by atoms with Crippen LogP contribution in [-0.2, 0) is 9.47 Å². The number of nitrogens with zero attached hydrogens (tertiary/aromatic N) is 3. The number of rotatable bonds is 7. The second-order valence-electron chi connectivity index (χ2n) is 6.33. The van der Waals surface area contributed by atoms with Crippen LogP contribution in [0.3, 0.4) is 0 Å². The van der Waals surface area contributed by atoms with Crippen molar-refractivity contribution in [2.24, 2.45) is 21.6 Å². The molecule has 1 aliphatic carbocycles. The van der Waals surface area contributed by atoms with Crippen LogP contribution in [0, 0.1) is 33.5 Å². The van der Waals surface area contributed by atoms with Crippen LogP contribution in [0.2, 0.25) is 0 Å². The summed E-state index contributed by atoms with van der Waals surface area (Å²) in [6.07, 6.45) is 0. The van der Waals surface area contributed by atoms with Gasteiger partial charge in [0.2, 0.25) is 0 Å². The first-order chi connectivity index (χ1) is 13.0. The lowest BCUT2D eigenvalue weighted by Gasteiger charge is -2.31. The lowest BCUT2D eigenvalue weighted by atomic mass is 9.93. The van der Waals surface area contributed by atoms with Crippen LogP contribution in [0.15, 0.2) is 23.2 Å². The van der Waals surface area contributed by atoms with E-state index in [-0.39, 0.29) is 19.0 Å². The summed E-state index contributed by atoms with van der Waals surface area (Å²) in [7, 11) is 3.06. The molecule has 1 aromatic rings. The van der Waals surface area contributed by atoms with E-state index in [2.05, 4.69) is 17.1 Å². The Morgan fingerprint density at radius 3 is 2.19 bits per heavy atom. The topological polar surface area (TPSA) is 123 Å². The highest BCUT2D eigenvalue weighted by Gasteiger charge is 2.93. The molecule has 1 fully saturated rings. The van der Waals surface area contributed by atoms with Gasteiger partial charge < -0.3 is 24.7 Å². The van der Waals surface area contributed by atoms with Gasteiger partial charge in [-0.25, -0.2) is 4.99 Å². The Balaban J connectivity index is 2.21. The zero-order chi connectivity index (χ0) is 19.9. The predicted octanol–water partition coefficient (Wildman–Crippen LogP) is 1.92. The highest BCUT2D eigenvalue weighted by atomic mass is 16.7. The molecule has 8 heteroatoms. The molecule has 1 aliphatic heterocycles. The van der Waals surface area contributed by atoms with Gasteiger partial charge in [0, 0.05) is 19.1 Å². The first-order valence-electron chi connectivity index (χ1n) is 8.66. The first-order valence-corrected chi connectivity index (χ1v) is 8.66. The van der Waals surface area contributed by atoms with Gasteiger partial charge in [-0.15, -0.1) is 0 Å². The van der Waals surface area contributed by atoms with Gasteiger partial charge in [0.05, 0.1) is 26.4 Å². The summed E-state index contributed by atoms with van der Waals surface area (Å²) in [6, 6.07) is 9.77. The predicted molar refractivity (Wildman–Crippen MR) is 96.0 cm³/mol. The van der Waals surface area contributed by atoms with Crippen LogP contribution in [0.1, 0.15) is 25.3 Å². The molecule has 1 aromatic carbocycles. The Kier molecular flexibility index (Phi) is 4.51. The van der Waals surface area contributed by atoms with Gasteiger partial charge in [-0.2, -0.15) is 10.5 Å². The third-order valence-electron chi connectivity index (χ3n) is 5.35. The summed E-state index contributed by atoms with van der Waals surface area (Å²) in [5, 5.41) is 20.2.